The van der Waals surface area contributed by atoms with Crippen molar-refractivity contribution in [2.45, 2.75) is 20.8 Å². The van der Waals surface area contributed by atoms with E-state index < -0.39 is 0 Å². The lowest BCUT2D eigenvalue weighted by Gasteiger charge is -2.11. The van der Waals surface area contributed by atoms with E-state index in [0.29, 0.717) is 17.2 Å². The van der Waals surface area contributed by atoms with Gasteiger partial charge in [0.2, 0.25) is 5.88 Å². The van der Waals surface area contributed by atoms with Crippen LogP contribution in [0.25, 0.3) is 0 Å². The number of ether oxygens (including phenoxy) is 1. The van der Waals surface area contributed by atoms with Crippen LogP contribution in [0.4, 0.5) is 0 Å². The minimum Gasteiger partial charge on any atom is -0.438 e. The molecule has 2 rings (SSSR count). The molecule has 104 valence electrons. The van der Waals surface area contributed by atoms with Gasteiger partial charge in [0.15, 0.2) is 5.84 Å². The van der Waals surface area contributed by atoms with Crippen LogP contribution in [-0.4, -0.2) is 16.0 Å². The fourth-order valence-corrected chi connectivity index (χ4v) is 1.75. The van der Waals surface area contributed by atoms with E-state index in [1.165, 1.54) is 5.56 Å². The largest absolute Gasteiger partial charge is 0.438 e. The van der Waals surface area contributed by atoms with Gasteiger partial charge in [0.05, 0.1) is 5.56 Å². The number of hydrogen-bond acceptors (Lipinski definition) is 4. The SMILES string of the molecule is Cc1ccc(C(N)=NO)c(Oc2ccc(C)c(C)c2)n1. The monoisotopic (exact) mass is 271 g/mol. The Bertz CT molecular complexity index is 666. The van der Waals surface area contributed by atoms with Gasteiger partial charge >= 0.3 is 0 Å². The molecule has 0 aliphatic heterocycles. The number of aromatic nitrogens is 1. The van der Waals surface area contributed by atoms with Crippen molar-refractivity contribution in [2.75, 3.05) is 0 Å². The number of nitrogens with zero attached hydrogens (tertiary/aromatic N) is 2. The Morgan fingerprint density at radius 2 is 1.90 bits per heavy atom. The molecule has 0 saturated heterocycles. The van der Waals surface area contributed by atoms with Crippen LogP contribution in [0, 0.1) is 20.8 Å². The fourth-order valence-electron chi connectivity index (χ4n) is 1.75. The van der Waals surface area contributed by atoms with Crippen LogP contribution in [-0.2, 0) is 0 Å². The molecular weight excluding hydrogens is 254 g/mol. The minimum atomic E-state index is -0.0312. The fraction of sp³-hybridized carbons (Fsp3) is 0.200. The van der Waals surface area contributed by atoms with Gasteiger partial charge in [-0.05, 0) is 56.2 Å². The molecule has 0 radical (unpaired) electrons. The highest BCUT2D eigenvalue weighted by atomic mass is 16.5. The summed E-state index contributed by atoms with van der Waals surface area (Å²) in [7, 11) is 0. The number of hydrogen-bond donors (Lipinski definition) is 2. The van der Waals surface area contributed by atoms with Crippen LogP contribution >= 0.6 is 0 Å². The molecule has 0 spiro atoms. The second-order valence-electron chi connectivity index (χ2n) is 4.64. The van der Waals surface area contributed by atoms with Crippen molar-refractivity contribution >= 4 is 5.84 Å². The molecule has 20 heavy (non-hydrogen) atoms. The van der Waals surface area contributed by atoms with Gasteiger partial charge in [-0.1, -0.05) is 11.2 Å². The maximum absolute atomic E-state index is 8.81. The lowest BCUT2D eigenvalue weighted by atomic mass is 10.1. The molecule has 1 heterocycles. The summed E-state index contributed by atoms with van der Waals surface area (Å²) >= 11 is 0. The molecule has 0 aliphatic rings. The van der Waals surface area contributed by atoms with E-state index in [9.17, 15) is 0 Å². The van der Waals surface area contributed by atoms with Gasteiger partial charge in [0.25, 0.3) is 0 Å². The van der Waals surface area contributed by atoms with Crippen LogP contribution in [0.2, 0.25) is 0 Å². The molecule has 0 fully saturated rings. The first-order valence-corrected chi connectivity index (χ1v) is 6.22. The molecule has 3 N–H and O–H groups in total. The molecular formula is C15H17N3O2. The first-order chi connectivity index (χ1) is 9.51. The molecule has 0 aliphatic carbocycles. The van der Waals surface area contributed by atoms with E-state index in [0.717, 1.165) is 11.3 Å². The lowest BCUT2D eigenvalue weighted by Crippen LogP contribution is -2.15. The second-order valence-corrected chi connectivity index (χ2v) is 4.64. The van der Waals surface area contributed by atoms with Crippen LogP contribution in [0.3, 0.4) is 0 Å². The quantitative estimate of drug-likeness (QED) is 0.389. The van der Waals surface area contributed by atoms with E-state index in [1.54, 1.807) is 12.1 Å². The van der Waals surface area contributed by atoms with Crippen molar-refractivity contribution in [3.05, 3.63) is 52.7 Å². The van der Waals surface area contributed by atoms with Gasteiger partial charge < -0.3 is 15.7 Å². The molecule has 2 aromatic rings. The zero-order valence-electron chi connectivity index (χ0n) is 11.7. The molecule has 1 aromatic carbocycles. The molecule has 1 aromatic heterocycles. The summed E-state index contributed by atoms with van der Waals surface area (Å²) in [6, 6.07) is 9.26. The minimum absolute atomic E-state index is 0.0312. The van der Waals surface area contributed by atoms with Gasteiger partial charge in [-0.25, -0.2) is 4.98 Å². The summed E-state index contributed by atoms with van der Waals surface area (Å²) in [6.45, 7) is 5.89. The number of amidine groups is 1. The Hall–Kier alpha value is -2.56. The van der Waals surface area contributed by atoms with Crippen molar-refractivity contribution < 1.29 is 9.94 Å². The molecule has 0 unspecified atom stereocenters. The molecule has 0 amide bonds. The topological polar surface area (TPSA) is 80.7 Å². The zero-order chi connectivity index (χ0) is 14.7. The smallest absolute Gasteiger partial charge is 0.230 e. The van der Waals surface area contributed by atoms with E-state index in [2.05, 4.69) is 10.1 Å². The van der Waals surface area contributed by atoms with Crippen LogP contribution < -0.4 is 10.5 Å². The van der Waals surface area contributed by atoms with E-state index in [4.69, 9.17) is 15.7 Å². The third-order valence-corrected chi connectivity index (χ3v) is 3.08. The van der Waals surface area contributed by atoms with E-state index in [1.807, 2.05) is 39.0 Å². The highest BCUT2D eigenvalue weighted by Crippen LogP contribution is 2.25. The van der Waals surface area contributed by atoms with Gasteiger partial charge in [-0.15, -0.1) is 0 Å². The Morgan fingerprint density at radius 3 is 2.55 bits per heavy atom. The zero-order valence-corrected chi connectivity index (χ0v) is 11.7. The van der Waals surface area contributed by atoms with E-state index >= 15 is 0 Å². The van der Waals surface area contributed by atoms with Gasteiger partial charge in [0.1, 0.15) is 5.75 Å². The summed E-state index contributed by atoms with van der Waals surface area (Å²) in [6.07, 6.45) is 0. The molecule has 0 bridgehead atoms. The predicted molar refractivity (Wildman–Crippen MR) is 77.5 cm³/mol. The third kappa shape index (κ3) is 2.88. The van der Waals surface area contributed by atoms with Crippen molar-refractivity contribution in [1.82, 2.24) is 4.98 Å². The Kier molecular flexibility index (Phi) is 3.89. The number of pyridine rings is 1. The average molecular weight is 271 g/mol. The van der Waals surface area contributed by atoms with Crippen molar-refractivity contribution in [3.8, 4) is 11.6 Å². The van der Waals surface area contributed by atoms with E-state index in [-0.39, 0.29) is 5.84 Å². The number of nitrogens with two attached hydrogens (primary N) is 1. The Labute approximate surface area is 117 Å². The van der Waals surface area contributed by atoms with Crippen LogP contribution in [0.5, 0.6) is 11.6 Å². The lowest BCUT2D eigenvalue weighted by molar-refractivity contribution is 0.318. The molecule has 0 saturated carbocycles. The van der Waals surface area contributed by atoms with Gasteiger partial charge in [-0.2, -0.15) is 0 Å². The summed E-state index contributed by atoms with van der Waals surface area (Å²) < 4.78 is 5.77. The maximum Gasteiger partial charge on any atom is 0.230 e. The maximum atomic E-state index is 8.81. The van der Waals surface area contributed by atoms with Crippen molar-refractivity contribution in [2.24, 2.45) is 10.9 Å². The number of benzene rings is 1. The number of oxime groups is 1. The summed E-state index contributed by atoms with van der Waals surface area (Å²) in [4.78, 5) is 4.30. The highest BCUT2D eigenvalue weighted by Gasteiger charge is 2.11. The highest BCUT2D eigenvalue weighted by molar-refractivity contribution is 5.99. The third-order valence-electron chi connectivity index (χ3n) is 3.08. The first-order valence-electron chi connectivity index (χ1n) is 6.22. The molecule has 5 heteroatoms. The number of rotatable bonds is 3. The predicted octanol–water partition coefficient (Wildman–Crippen LogP) is 2.89. The van der Waals surface area contributed by atoms with Crippen LogP contribution in [0.1, 0.15) is 22.4 Å². The van der Waals surface area contributed by atoms with Gasteiger partial charge in [-0.3, -0.25) is 0 Å². The average Bonchev–Trinajstić information content (AvgIpc) is 2.42. The molecule has 0 atom stereocenters. The summed E-state index contributed by atoms with van der Waals surface area (Å²) in [5, 5.41) is 11.8. The molecule has 5 nitrogen and oxygen atoms in total. The van der Waals surface area contributed by atoms with Crippen molar-refractivity contribution in [3.63, 3.8) is 0 Å². The normalized spacial score (nSPS) is 11.4. The summed E-state index contributed by atoms with van der Waals surface area (Å²) in [5.74, 6) is 0.957. The first kappa shape index (κ1) is 13.9. The van der Waals surface area contributed by atoms with Crippen LogP contribution in [0.15, 0.2) is 35.5 Å². The Morgan fingerprint density at radius 1 is 1.15 bits per heavy atom. The Balaban J connectivity index is 2.41. The van der Waals surface area contributed by atoms with Crippen molar-refractivity contribution in [1.29, 1.82) is 0 Å². The van der Waals surface area contributed by atoms with Gasteiger partial charge in [0, 0.05) is 5.69 Å². The summed E-state index contributed by atoms with van der Waals surface area (Å²) in [5.41, 5.74) is 9.19. The standard InChI is InChI=1S/C15H17N3O2/c1-9-4-6-12(8-10(9)2)20-15-13(14(16)18-19)7-5-11(3)17-15/h4-8,19H,1-3H3,(H2,16,18). The number of aryl methyl sites for hydroxylation is 3. The second kappa shape index (κ2) is 5.61.